The van der Waals surface area contributed by atoms with Crippen LogP contribution < -0.4 is 0 Å². The summed E-state index contributed by atoms with van der Waals surface area (Å²) in [6.45, 7) is 0.291. The molecule has 2 heterocycles. The average molecular weight is 428 g/mol. The number of carbonyl (C=O) groups excluding carboxylic acids is 2. The lowest BCUT2D eigenvalue weighted by atomic mass is 9.76. The average Bonchev–Trinajstić information content (AvgIpc) is 2.82. The van der Waals surface area contributed by atoms with Gasteiger partial charge < -0.3 is 9.64 Å². The van der Waals surface area contributed by atoms with Crippen LogP contribution in [0.1, 0.15) is 43.2 Å². The Morgan fingerprint density at radius 2 is 1.53 bits per heavy atom. The standard InChI is InChI=1S/C28H29NO3/c30-27(18-22-12-6-11-21-10-4-5-15-26(21)22)23-16-24-13-7-14-25(17-23)29(24)28(31)32-19-20-8-2-1-3-9-20/h1-6,8-12,15,23-25H,7,13-14,16-19H2. The predicted molar refractivity (Wildman–Crippen MR) is 125 cm³/mol. The van der Waals surface area contributed by atoms with Crippen molar-refractivity contribution in [2.45, 2.75) is 57.2 Å². The van der Waals surface area contributed by atoms with Gasteiger partial charge in [0.25, 0.3) is 0 Å². The fraction of sp³-hybridized carbons (Fsp3) is 0.357. The van der Waals surface area contributed by atoms with E-state index in [1.807, 2.05) is 53.4 Å². The quantitative estimate of drug-likeness (QED) is 0.508. The van der Waals surface area contributed by atoms with Gasteiger partial charge in [0.15, 0.2) is 0 Å². The van der Waals surface area contributed by atoms with E-state index >= 15 is 0 Å². The fourth-order valence-electron chi connectivity index (χ4n) is 5.51. The molecule has 1 amide bonds. The Morgan fingerprint density at radius 3 is 2.31 bits per heavy atom. The van der Waals surface area contributed by atoms with E-state index in [0.29, 0.717) is 18.8 Å². The number of fused-ring (bicyclic) bond motifs is 3. The first-order chi connectivity index (χ1) is 15.7. The lowest BCUT2D eigenvalue weighted by Crippen LogP contribution is -2.55. The van der Waals surface area contributed by atoms with Crippen LogP contribution in [-0.2, 0) is 22.6 Å². The first-order valence-corrected chi connectivity index (χ1v) is 11.7. The first kappa shape index (κ1) is 20.7. The molecule has 0 spiro atoms. The molecule has 2 saturated heterocycles. The number of ketones is 1. The summed E-state index contributed by atoms with van der Waals surface area (Å²) >= 11 is 0. The van der Waals surface area contributed by atoms with Crippen LogP contribution >= 0.6 is 0 Å². The Hall–Kier alpha value is -3.14. The molecule has 3 aromatic rings. The van der Waals surface area contributed by atoms with Crippen molar-refractivity contribution in [3.63, 3.8) is 0 Å². The smallest absolute Gasteiger partial charge is 0.410 e. The SMILES string of the molecule is O=C(Cc1cccc2ccccc12)C1CC2CCCC(C1)N2C(=O)OCc1ccccc1. The van der Waals surface area contributed by atoms with Crippen LogP contribution in [0.15, 0.2) is 72.8 Å². The number of hydrogen-bond donors (Lipinski definition) is 0. The molecule has 2 fully saturated rings. The minimum absolute atomic E-state index is 0.0161. The molecule has 0 radical (unpaired) electrons. The van der Waals surface area contributed by atoms with Crippen molar-refractivity contribution in [3.05, 3.63) is 83.9 Å². The third-order valence-corrected chi connectivity index (χ3v) is 7.09. The maximum absolute atomic E-state index is 13.3. The van der Waals surface area contributed by atoms with Gasteiger partial charge in [-0.15, -0.1) is 0 Å². The van der Waals surface area contributed by atoms with Crippen molar-refractivity contribution in [3.8, 4) is 0 Å². The number of Topliss-reactive ketones (excluding diaryl/α,β-unsaturated/α-hetero) is 1. The zero-order valence-corrected chi connectivity index (χ0v) is 18.3. The number of ether oxygens (including phenoxy) is 1. The van der Waals surface area contributed by atoms with E-state index in [4.69, 9.17) is 4.74 Å². The highest BCUT2D eigenvalue weighted by Gasteiger charge is 2.43. The summed E-state index contributed by atoms with van der Waals surface area (Å²) < 4.78 is 5.65. The number of piperidine rings is 2. The predicted octanol–water partition coefficient (Wildman–Crippen LogP) is 5.92. The van der Waals surface area contributed by atoms with Gasteiger partial charge in [-0.1, -0.05) is 72.8 Å². The second-order valence-electron chi connectivity index (χ2n) is 9.14. The van der Waals surface area contributed by atoms with Crippen LogP contribution in [0.3, 0.4) is 0 Å². The summed E-state index contributed by atoms with van der Waals surface area (Å²) in [4.78, 5) is 28.2. The van der Waals surface area contributed by atoms with E-state index in [9.17, 15) is 9.59 Å². The van der Waals surface area contributed by atoms with Crippen LogP contribution in [0, 0.1) is 5.92 Å². The molecular formula is C28H29NO3. The van der Waals surface area contributed by atoms with E-state index in [0.717, 1.165) is 48.6 Å². The topological polar surface area (TPSA) is 46.6 Å². The Bertz CT molecular complexity index is 1090. The minimum atomic E-state index is -0.233. The van der Waals surface area contributed by atoms with Crippen molar-refractivity contribution in [1.29, 1.82) is 0 Å². The highest BCUT2D eigenvalue weighted by Crippen LogP contribution is 2.38. The summed E-state index contributed by atoms with van der Waals surface area (Å²) in [6, 6.07) is 24.4. The van der Waals surface area contributed by atoms with E-state index in [1.54, 1.807) is 0 Å². The van der Waals surface area contributed by atoms with Gasteiger partial charge in [0, 0.05) is 24.4 Å². The summed E-state index contributed by atoms with van der Waals surface area (Å²) in [5.41, 5.74) is 2.09. The molecule has 2 atom stereocenters. The minimum Gasteiger partial charge on any atom is -0.445 e. The van der Waals surface area contributed by atoms with Gasteiger partial charge in [-0.2, -0.15) is 0 Å². The number of nitrogens with zero attached hydrogens (tertiary/aromatic N) is 1. The number of amides is 1. The van der Waals surface area contributed by atoms with E-state index in [2.05, 4.69) is 24.3 Å². The van der Waals surface area contributed by atoms with Gasteiger partial charge in [-0.25, -0.2) is 4.79 Å². The van der Waals surface area contributed by atoms with Gasteiger partial charge in [0.2, 0.25) is 0 Å². The van der Waals surface area contributed by atoms with E-state index in [1.165, 1.54) is 5.39 Å². The second-order valence-corrected chi connectivity index (χ2v) is 9.14. The van der Waals surface area contributed by atoms with Crippen molar-refractivity contribution < 1.29 is 14.3 Å². The zero-order valence-electron chi connectivity index (χ0n) is 18.3. The summed E-state index contributed by atoms with van der Waals surface area (Å²) in [5.74, 6) is 0.318. The summed E-state index contributed by atoms with van der Waals surface area (Å²) in [6.07, 6.45) is 4.75. The van der Waals surface area contributed by atoms with Crippen molar-refractivity contribution in [1.82, 2.24) is 4.90 Å². The monoisotopic (exact) mass is 427 g/mol. The van der Waals surface area contributed by atoms with Gasteiger partial charge in [0.1, 0.15) is 12.4 Å². The third kappa shape index (κ3) is 4.27. The molecule has 32 heavy (non-hydrogen) atoms. The van der Waals surface area contributed by atoms with Gasteiger partial charge in [0.05, 0.1) is 0 Å². The first-order valence-electron chi connectivity index (χ1n) is 11.7. The maximum atomic E-state index is 13.3. The lowest BCUT2D eigenvalue weighted by Gasteiger charge is -2.47. The van der Waals surface area contributed by atoms with Crippen molar-refractivity contribution in [2.24, 2.45) is 5.92 Å². The van der Waals surface area contributed by atoms with E-state index in [-0.39, 0.29) is 24.1 Å². The Morgan fingerprint density at radius 1 is 0.844 bits per heavy atom. The molecule has 3 aromatic carbocycles. The molecule has 2 unspecified atom stereocenters. The number of rotatable bonds is 5. The van der Waals surface area contributed by atoms with Gasteiger partial charge in [-0.05, 0) is 54.0 Å². The van der Waals surface area contributed by atoms with Crippen LogP contribution in [0.5, 0.6) is 0 Å². The summed E-state index contributed by atoms with van der Waals surface area (Å²) in [7, 11) is 0. The molecule has 0 saturated carbocycles. The molecule has 164 valence electrons. The fourth-order valence-corrected chi connectivity index (χ4v) is 5.51. The highest BCUT2D eigenvalue weighted by molar-refractivity contribution is 5.91. The summed E-state index contributed by atoms with van der Waals surface area (Å²) in [5, 5.41) is 2.33. The Labute approximate surface area is 189 Å². The third-order valence-electron chi connectivity index (χ3n) is 7.09. The van der Waals surface area contributed by atoms with Crippen LogP contribution in [0.25, 0.3) is 10.8 Å². The number of benzene rings is 3. The number of carbonyl (C=O) groups is 2. The molecule has 2 bridgehead atoms. The molecule has 0 aromatic heterocycles. The highest BCUT2D eigenvalue weighted by atomic mass is 16.6. The van der Waals surface area contributed by atoms with Crippen LogP contribution in [0.4, 0.5) is 4.79 Å². The van der Waals surface area contributed by atoms with Crippen LogP contribution in [0.2, 0.25) is 0 Å². The number of hydrogen-bond acceptors (Lipinski definition) is 3. The lowest BCUT2D eigenvalue weighted by molar-refractivity contribution is -0.126. The van der Waals surface area contributed by atoms with Crippen molar-refractivity contribution >= 4 is 22.6 Å². The van der Waals surface area contributed by atoms with E-state index < -0.39 is 0 Å². The normalized spacial score (nSPS) is 22.5. The molecule has 4 heteroatoms. The maximum Gasteiger partial charge on any atom is 0.410 e. The molecule has 0 aliphatic carbocycles. The Kier molecular flexibility index (Phi) is 5.93. The molecule has 0 N–H and O–H groups in total. The second kappa shape index (κ2) is 9.15. The Balaban J connectivity index is 1.25. The molecular weight excluding hydrogens is 398 g/mol. The molecule has 5 rings (SSSR count). The zero-order chi connectivity index (χ0) is 21.9. The largest absolute Gasteiger partial charge is 0.445 e. The molecule has 4 nitrogen and oxygen atoms in total. The van der Waals surface area contributed by atoms with Gasteiger partial charge >= 0.3 is 6.09 Å². The van der Waals surface area contributed by atoms with Crippen molar-refractivity contribution in [2.75, 3.05) is 0 Å². The van der Waals surface area contributed by atoms with Gasteiger partial charge in [-0.3, -0.25) is 4.79 Å². The molecule has 2 aliphatic heterocycles. The molecule has 2 aliphatic rings. The van der Waals surface area contributed by atoms with Crippen LogP contribution in [-0.4, -0.2) is 28.9 Å².